The second kappa shape index (κ2) is 7.54. The minimum absolute atomic E-state index is 0.0389. The SMILES string of the molecule is CCN(CCO)CC(O)COC(N)=O. The predicted octanol–water partition coefficient (Wildman–Crippen LogP) is -1.24. The average molecular weight is 206 g/mol. The van der Waals surface area contributed by atoms with Crippen LogP contribution in [0.15, 0.2) is 0 Å². The number of carbonyl (C=O) groups is 1. The maximum absolute atomic E-state index is 10.2. The molecule has 0 aliphatic rings. The molecule has 0 fully saturated rings. The van der Waals surface area contributed by atoms with Gasteiger partial charge in [0, 0.05) is 13.1 Å². The van der Waals surface area contributed by atoms with Gasteiger partial charge in [-0.2, -0.15) is 0 Å². The molecule has 0 saturated carbocycles. The highest BCUT2D eigenvalue weighted by Crippen LogP contribution is 1.93. The summed E-state index contributed by atoms with van der Waals surface area (Å²) in [4.78, 5) is 12.1. The maximum atomic E-state index is 10.2. The van der Waals surface area contributed by atoms with E-state index in [0.717, 1.165) is 0 Å². The van der Waals surface area contributed by atoms with Crippen LogP contribution in [0.1, 0.15) is 6.92 Å². The smallest absolute Gasteiger partial charge is 0.404 e. The number of likely N-dealkylation sites (N-methyl/N-ethyl adjacent to an activating group) is 1. The van der Waals surface area contributed by atoms with Crippen molar-refractivity contribution in [3.63, 3.8) is 0 Å². The highest BCUT2D eigenvalue weighted by Gasteiger charge is 2.11. The van der Waals surface area contributed by atoms with E-state index in [1.54, 1.807) is 0 Å². The molecular formula is C8H18N2O4. The van der Waals surface area contributed by atoms with Crippen LogP contribution >= 0.6 is 0 Å². The number of carbonyl (C=O) groups excluding carboxylic acids is 1. The molecule has 14 heavy (non-hydrogen) atoms. The number of aliphatic hydroxyl groups excluding tert-OH is 2. The molecule has 0 heterocycles. The third kappa shape index (κ3) is 6.64. The van der Waals surface area contributed by atoms with E-state index in [4.69, 9.17) is 10.8 Å². The van der Waals surface area contributed by atoms with Gasteiger partial charge in [-0.1, -0.05) is 6.92 Å². The molecule has 0 aliphatic heterocycles. The topological polar surface area (TPSA) is 96.0 Å². The van der Waals surface area contributed by atoms with Crippen LogP contribution in [0.5, 0.6) is 0 Å². The van der Waals surface area contributed by atoms with Gasteiger partial charge in [0.2, 0.25) is 0 Å². The summed E-state index contributed by atoms with van der Waals surface area (Å²) in [6.07, 6.45) is -1.66. The lowest BCUT2D eigenvalue weighted by molar-refractivity contribution is 0.0440. The van der Waals surface area contributed by atoms with Crippen molar-refractivity contribution in [2.75, 3.05) is 32.8 Å². The molecule has 1 unspecified atom stereocenters. The van der Waals surface area contributed by atoms with Crippen molar-refractivity contribution in [1.82, 2.24) is 4.90 Å². The van der Waals surface area contributed by atoms with Crippen molar-refractivity contribution < 1.29 is 19.7 Å². The van der Waals surface area contributed by atoms with E-state index >= 15 is 0 Å². The molecule has 0 aromatic rings. The molecule has 4 N–H and O–H groups in total. The van der Waals surface area contributed by atoms with Crippen molar-refractivity contribution >= 4 is 6.09 Å². The molecule has 0 bridgehead atoms. The van der Waals surface area contributed by atoms with E-state index in [1.165, 1.54) is 0 Å². The Balaban J connectivity index is 3.66. The number of nitrogens with two attached hydrogens (primary N) is 1. The Labute approximate surface area is 83.3 Å². The van der Waals surface area contributed by atoms with E-state index in [9.17, 15) is 9.90 Å². The Morgan fingerprint density at radius 3 is 2.71 bits per heavy atom. The molecule has 0 rings (SSSR count). The van der Waals surface area contributed by atoms with Gasteiger partial charge in [-0.3, -0.25) is 4.90 Å². The Bertz CT molecular complexity index is 165. The lowest BCUT2D eigenvalue weighted by Crippen LogP contribution is -2.37. The van der Waals surface area contributed by atoms with Gasteiger partial charge in [0.05, 0.1) is 6.61 Å². The third-order valence-electron chi connectivity index (χ3n) is 1.75. The van der Waals surface area contributed by atoms with Crippen LogP contribution in [0.2, 0.25) is 0 Å². The summed E-state index contributed by atoms with van der Waals surface area (Å²) in [7, 11) is 0. The summed E-state index contributed by atoms with van der Waals surface area (Å²) < 4.78 is 4.43. The Kier molecular flexibility index (Phi) is 7.09. The number of rotatable bonds is 7. The first kappa shape index (κ1) is 13.2. The van der Waals surface area contributed by atoms with E-state index in [2.05, 4.69) is 4.74 Å². The zero-order valence-corrected chi connectivity index (χ0v) is 8.35. The van der Waals surface area contributed by atoms with Crippen molar-refractivity contribution in [3.8, 4) is 0 Å². The lowest BCUT2D eigenvalue weighted by atomic mass is 10.3. The van der Waals surface area contributed by atoms with Crippen LogP contribution in [0.25, 0.3) is 0 Å². The molecule has 0 aromatic heterocycles. The number of hydrogen-bond donors (Lipinski definition) is 3. The number of aliphatic hydroxyl groups is 2. The normalized spacial score (nSPS) is 12.9. The third-order valence-corrected chi connectivity index (χ3v) is 1.75. The number of amides is 1. The van der Waals surface area contributed by atoms with Gasteiger partial charge >= 0.3 is 6.09 Å². The average Bonchev–Trinajstić information content (AvgIpc) is 2.14. The van der Waals surface area contributed by atoms with Crippen LogP contribution in [0.4, 0.5) is 4.79 Å². The van der Waals surface area contributed by atoms with Gasteiger partial charge in [-0.25, -0.2) is 4.79 Å². The van der Waals surface area contributed by atoms with Gasteiger partial charge in [-0.15, -0.1) is 0 Å². The van der Waals surface area contributed by atoms with Crippen LogP contribution in [0.3, 0.4) is 0 Å². The van der Waals surface area contributed by atoms with Crippen molar-refractivity contribution in [2.45, 2.75) is 13.0 Å². The summed E-state index contributed by atoms with van der Waals surface area (Å²) in [5, 5.41) is 18.0. The Hall–Kier alpha value is -0.850. The van der Waals surface area contributed by atoms with Gasteiger partial charge in [0.15, 0.2) is 0 Å². The molecule has 6 nitrogen and oxygen atoms in total. The summed E-state index contributed by atoms with van der Waals surface area (Å²) in [6.45, 7) is 3.40. The largest absolute Gasteiger partial charge is 0.447 e. The molecular weight excluding hydrogens is 188 g/mol. The highest BCUT2D eigenvalue weighted by atomic mass is 16.6. The summed E-state index contributed by atoms with van der Waals surface area (Å²) in [5.74, 6) is 0. The Morgan fingerprint density at radius 2 is 2.29 bits per heavy atom. The number of hydrogen-bond acceptors (Lipinski definition) is 5. The van der Waals surface area contributed by atoms with E-state index < -0.39 is 12.2 Å². The van der Waals surface area contributed by atoms with Crippen LogP contribution in [0, 0.1) is 0 Å². The molecule has 0 aromatic carbocycles. The quantitative estimate of drug-likeness (QED) is 0.484. The Morgan fingerprint density at radius 1 is 1.64 bits per heavy atom. The number of ether oxygens (including phenoxy) is 1. The molecule has 0 radical (unpaired) electrons. The minimum Gasteiger partial charge on any atom is -0.447 e. The van der Waals surface area contributed by atoms with Gasteiger partial charge in [-0.05, 0) is 6.54 Å². The second-order valence-corrected chi connectivity index (χ2v) is 2.90. The fourth-order valence-corrected chi connectivity index (χ4v) is 1.05. The predicted molar refractivity (Wildman–Crippen MR) is 50.7 cm³/mol. The van der Waals surface area contributed by atoms with Gasteiger partial charge < -0.3 is 20.7 Å². The van der Waals surface area contributed by atoms with Crippen LogP contribution in [-0.2, 0) is 4.74 Å². The highest BCUT2D eigenvalue weighted by molar-refractivity contribution is 5.64. The molecule has 0 aliphatic carbocycles. The number of primary amides is 1. The standard InChI is InChI=1S/C8H18N2O4/c1-2-10(3-4-11)5-7(12)6-14-8(9)13/h7,11-12H,2-6H2,1H3,(H2,9,13). The molecule has 0 saturated heterocycles. The number of nitrogens with zero attached hydrogens (tertiary/aromatic N) is 1. The van der Waals surface area contributed by atoms with Crippen molar-refractivity contribution in [2.24, 2.45) is 5.73 Å². The lowest BCUT2D eigenvalue weighted by Gasteiger charge is -2.22. The second-order valence-electron chi connectivity index (χ2n) is 2.90. The molecule has 6 heteroatoms. The zero-order valence-electron chi connectivity index (χ0n) is 8.35. The van der Waals surface area contributed by atoms with E-state index in [-0.39, 0.29) is 13.2 Å². The monoisotopic (exact) mass is 206 g/mol. The first-order valence-corrected chi connectivity index (χ1v) is 4.53. The van der Waals surface area contributed by atoms with Crippen LogP contribution < -0.4 is 5.73 Å². The first-order chi connectivity index (χ1) is 6.60. The van der Waals surface area contributed by atoms with Gasteiger partial charge in [0.1, 0.15) is 12.7 Å². The van der Waals surface area contributed by atoms with Crippen molar-refractivity contribution in [1.29, 1.82) is 0 Å². The first-order valence-electron chi connectivity index (χ1n) is 4.53. The molecule has 0 spiro atoms. The minimum atomic E-state index is -0.894. The fourth-order valence-electron chi connectivity index (χ4n) is 1.05. The van der Waals surface area contributed by atoms with E-state index in [1.807, 2.05) is 11.8 Å². The molecule has 1 amide bonds. The summed E-state index contributed by atoms with van der Waals surface area (Å²) in [5.41, 5.74) is 4.74. The molecule has 84 valence electrons. The molecule has 1 atom stereocenters. The van der Waals surface area contributed by atoms with E-state index in [0.29, 0.717) is 19.6 Å². The zero-order chi connectivity index (χ0) is 11.0. The van der Waals surface area contributed by atoms with Crippen molar-refractivity contribution in [3.05, 3.63) is 0 Å². The van der Waals surface area contributed by atoms with Crippen LogP contribution in [-0.4, -0.2) is 60.2 Å². The summed E-state index contributed by atoms with van der Waals surface area (Å²) >= 11 is 0. The van der Waals surface area contributed by atoms with Gasteiger partial charge in [0.25, 0.3) is 0 Å². The maximum Gasteiger partial charge on any atom is 0.404 e. The fraction of sp³-hybridized carbons (Fsp3) is 0.875. The summed E-state index contributed by atoms with van der Waals surface area (Å²) in [6, 6.07) is 0.